The summed E-state index contributed by atoms with van der Waals surface area (Å²) in [6.45, 7) is 4.31. The van der Waals surface area contributed by atoms with Crippen LogP contribution in [-0.2, 0) is 15.7 Å². The second-order valence-corrected chi connectivity index (χ2v) is 7.13. The van der Waals surface area contributed by atoms with Gasteiger partial charge in [-0.3, -0.25) is 4.79 Å². The molecule has 6 nitrogen and oxygen atoms in total. The molecule has 0 aliphatic carbocycles. The van der Waals surface area contributed by atoms with E-state index in [-0.39, 0.29) is 28.9 Å². The number of carbonyl (C=O) groups is 1. The van der Waals surface area contributed by atoms with Gasteiger partial charge in [0.05, 0.1) is 36.7 Å². The first kappa shape index (κ1) is 19.1. The molecule has 2 atom stereocenters. The maximum Gasteiger partial charge on any atom is 0.416 e. The highest BCUT2D eigenvalue weighted by Gasteiger charge is 2.34. The Balaban J connectivity index is 1.67. The van der Waals surface area contributed by atoms with E-state index in [2.05, 4.69) is 5.32 Å². The molecule has 0 radical (unpaired) electrons. The summed E-state index contributed by atoms with van der Waals surface area (Å²) in [5.41, 5.74) is -0.113. The molecule has 1 saturated heterocycles. The van der Waals surface area contributed by atoms with Crippen molar-refractivity contribution in [3.63, 3.8) is 0 Å². The van der Waals surface area contributed by atoms with Gasteiger partial charge in [-0.25, -0.2) is 0 Å². The van der Waals surface area contributed by atoms with Gasteiger partial charge < -0.3 is 24.1 Å². The van der Waals surface area contributed by atoms with E-state index in [4.69, 9.17) is 13.9 Å². The van der Waals surface area contributed by atoms with Crippen LogP contribution in [0.2, 0.25) is 0 Å². The summed E-state index contributed by atoms with van der Waals surface area (Å²) < 4.78 is 56.5. The highest BCUT2D eigenvalue weighted by molar-refractivity contribution is 6.07. The number of ether oxygens (including phenoxy) is 2. The van der Waals surface area contributed by atoms with Crippen LogP contribution in [0.4, 0.5) is 18.9 Å². The topological polar surface area (TPSA) is 63.9 Å². The number of anilines is 1. The lowest BCUT2D eigenvalue weighted by molar-refractivity contribution is -0.137. The van der Waals surface area contributed by atoms with Crippen molar-refractivity contribution in [3.8, 4) is 0 Å². The molecule has 1 aromatic heterocycles. The predicted octanol–water partition coefficient (Wildman–Crippen LogP) is 3.20. The Morgan fingerprint density at radius 3 is 2.86 bits per heavy atom. The summed E-state index contributed by atoms with van der Waals surface area (Å²) >= 11 is 0. The molecule has 3 heterocycles. The first-order valence-electron chi connectivity index (χ1n) is 9.23. The van der Waals surface area contributed by atoms with Gasteiger partial charge in [-0.2, -0.15) is 13.2 Å². The summed E-state index contributed by atoms with van der Waals surface area (Å²) in [6.07, 6.45) is -3.93. The number of carbonyl (C=O) groups excluding carboxylic acids is 1. The number of halogens is 3. The van der Waals surface area contributed by atoms with Gasteiger partial charge in [0.2, 0.25) is 5.76 Å². The number of benzene rings is 1. The van der Waals surface area contributed by atoms with Crippen LogP contribution in [0.5, 0.6) is 0 Å². The summed E-state index contributed by atoms with van der Waals surface area (Å²) in [6, 6.07) is 3.27. The van der Waals surface area contributed by atoms with Crippen molar-refractivity contribution in [1.82, 2.24) is 5.32 Å². The first-order valence-corrected chi connectivity index (χ1v) is 9.23. The predicted molar refractivity (Wildman–Crippen MR) is 95.5 cm³/mol. The normalized spacial score (nSPS) is 23.4. The zero-order valence-corrected chi connectivity index (χ0v) is 15.3. The molecule has 0 spiro atoms. The molecule has 1 fully saturated rings. The van der Waals surface area contributed by atoms with Crippen LogP contribution in [0.3, 0.4) is 0 Å². The van der Waals surface area contributed by atoms with Crippen molar-refractivity contribution in [3.05, 3.63) is 29.5 Å². The van der Waals surface area contributed by atoms with Gasteiger partial charge in [0.15, 0.2) is 0 Å². The maximum atomic E-state index is 13.2. The van der Waals surface area contributed by atoms with Crippen molar-refractivity contribution in [1.29, 1.82) is 0 Å². The van der Waals surface area contributed by atoms with Crippen LogP contribution in [0.1, 0.15) is 29.5 Å². The van der Waals surface area contributed by atoms with Gasteiger partial charge in [-0.15, -0.1) is 0 Å². The minimum Gasteiger partial charge on any atom is -0.449 e. The number of rotatable bonds is 3. The van der Waals surface area contributed by atoms with Gasteiger partial charge in [-0.05, 0) is 31.5 Å². The second kappa shape index (κ2) is 7.29. The number of nitrogens with one attached hydrogen (secondary N) is 1. The Morgan fingerprint density at radius 2 is 2.11 bits per heavy atom. The lowest BCUT2D eigenvalue weighted by Gasteiger charge is -2.30. The fourth-order valence-corrected chi connectivity index (χ4v) is 3.67. The Kier molecular flexibility index (Phi) is 4.96. The molecular weight excluding hydrogens is 377 g/mol. The number of hydrogen-bond acceptors (Lipinski definition) is 5. The average molecular weight is 398 g/mol. The fourth-order valence-electron chi connectivity index (χ4n) is 3.67. The standard InChI is InChI=1S/C19H21F3N2O4/c1-11-9-26-10-13(27-11)4-6-24-7-5-23-18(25)17-16(24)14-8-12(19(20,21)22)2-3-15(14)28-17/h2-3,8,11,13H,4-7,9-10H2,1H3,(H,23,25). The SMILES string of the molecule is CC1COCC(CCN2CCNC(=O)c3oc4ccc(C(F)(F)F)cc4c32)O1. The number of nitrogens with zero attached hydrogens (tertiary/aromatic N) is 1. The van der Waals surface area contributed by atoms with Crippen molar-refractivity contribution in [2.24, 2.45) is 0 Å². The molecule has 2 aliphatic heterocycles. The largest absolute Gasteiger partial charge is 0.449 e. The van der Waals surface area contributed by atoms with Gasteiger partial charge >= 0.3 is 6.18 Å². The highest BCUT2D eigenvalue weighted by atomic mass is 19.4. The molecular formula is C19H21F3N2O4. The van der Waals surface area contributed by atoms with Crippen molar-refractivity contribution in [2.45, 2.75) is 31.7 Å². The zero-order chi connectivity index (χ0) is 19.9. The number of alkyl halides is 3. The molecule has 0 saturated carbocycles. The maximum absolute atomic E-state index is 13.2. The summed E-state index contributed by atoms with van der Waals surface area (Å²) in [4.78, 5) is 14.2. The van der Waals surface area contributed by atoms with Crippen LogP contribution < -0.4 is 10.2 Å². The smallest absolute Gasteiger partial charge is 0.416 e. The number of amides is 1. The molecule has 4 rings (SSSR count). The molecule has 28 heavy (non-hydrogen) atoms. The summed E-state index contributed by atoms with van der Waals surface area (Å²) in [5, 5.41) is 3.02. The quantitative estimate of drug-likeness (QED) is 0.860. The first-order chi connectivity index (χ1) is 13.3. The van der Waals surface area contributed by atoms with E-state index in [0.29, 0.717) is 45.0 Å². The van der Waals surface area contributed by atoms with Crippen molar-refractivity contribution < 1.29 is 31.9 Å². The lowest BCUT2D eigenvalue weighted by atomic mass is 10.1. The van der Waals surface area contributed by atoms with Crippen LogP contribution in [-0.4, -0.2) is 51.0 Å². The summed E-state index contributed by atoms with van der Waals surface area (Å²) in [5.74, 6) is -0.380. The van der Waals surface area contributed by atoms with Crippen LogP contribution in [0.15, 0.2) is 22.6 Å². The molecule has 9 heteroatoms. The third-order valence-electron chi connectivity index (χ3n) is 4.98. The van der Waals surface area contributed by atoms with E-state index in [1.807, 2.05) is 11.8 Å². The van der Waals surface area contributed by atoms with Gasteiger partial charge in [-0.1, -0.05) is 0 Å². The van der Waals surface area contributed by atoms with Crippen molar-refractivity contribution >= 4 is 22.6 Å². The monoisotopic (exact) mass is 398 g/mol. The molecule has 2 unspecified atom stereocenters. The Hall–Kier alpha value is -2.26. The minimum atomic E-state index is -4.47. The van der Waals surface area contributed by atoms with Crippen LogP contribution in [0.25, 0.3) is 11.0 Å². The third kappa shape index (κ3) is 3.68. The summed E-state index contributed by atoms with van der Waals surface area (Å²) in [7, 11) is 0. The van der Waals surface area contributed by atoms with Crippen molar-refractivity contribution in [2.75, 3.05) is 37.7 Å². The molecule has 2 aliphatic rings. The second-order valence-electron chi connectivity index (χ2n) is 7.13. The average Bonchev–Trinajstić information content (AvgIpc) is 2.95. The fraction of sp³-hybridized carbons (Fsp3) is 0.526. The van der Waals surface area contributed by atoms with E-state index in [9.17, 15) is 18.0 Å². The molecule has 1 N–H and O–H groups in total. The minimum absolute atomic E-state index is 0.00536. The van der Waals surface area contributed by atoms with E-state index >= 15 is 0 Å². The Morgan fingerprint density at radius 1 is 1.29 bits per heavy atom. The lowest BCUT2D eigenvalue weighted by Crippen LogP contribution is -2.38. The van der Waals surface area contributed by atoms with Crippen LogP contribution >= 0.6 is 0 Å². The van der Waals surface area contributed by atoms with Crippen LogP contribution in [0, 0.1) is 0 Å². The third-order valence-corrected chi connectivity index (χ3v) is 4.98. The molecule has 152 valence electrons. The van der Waals surface area contributed by atoms with Gasteiger partial charge in [0, 0.05) is 25.0 Å². The number of fused-ring (bicyclic) bond motifs is 3. The van der Waals surface area contributed by atoms with Gasteiger partial charge in [0.25, 0.3) is 5.91 Å². The zero-order valence-electron chi connectivity index (χ0n) is 15.3. The van der Waals surface area contributed by atoms with E-state index in [0.717, 1.165) is 12.1 Å². The van der Waals surface area contributed by atoms with E-state index < -0.39 is 17.6 Å². The van der Waals surface area contributed by atoms with Gasteiger partial charge in [0.1, 0.15) is 5.58 Å². The van der Waals surface area contributed by atoms with E-state index in [1.54, 1.807) is 0 Å². The Bertz CT molecular complexity index is 880. The highest BCUT2D eigenvalue weighted by Crippen LogP contribution is 2.39. The molecule has 1 aromatic carbocycles. The number of furan rings is 1. The Labute approximate surface area is 159 Å². The molecule has 0 bridgehead atoms. The number of hydrogen-bond donors (Lipinski definition) is 1. The molecule has 2 aromatic rings. The molecule has 1 amide bonds. The van der Waals surface area contributed by atoms with E-state index in [1.165, 1.54) is 6.07 Å².